The Hall–Kier alpha value is -2.63. The number of carbonyl (C=O) groups is 2. The summed E-state index contributed by atoms with van der Waals surface area (Å²) < 4.78 is 1.69. The average molecular weight is 315 g/mol. The summed E-state index contributed by atoms with van der Waals surface area (Å²) in [7, 11) is 0. The van der Waals surface area contributed by atoms with Gasteiger partial charge in [0, 0.05) is 6.20 Å². The number of rotatable bonds is 7. The quantitative estimate of drug-likeness (QED) is 0.820. The fourth-order valence-electron chi connectivity index (χ4n) is 2.43. The molecular formula is C17H21N3O3. The lowest BCUT2D eigenvalue weighted by atomic mass is 9.96. The molecule has 2 N–H and O–H groups in total. The van der Waals surface area contributed by atoms with Crippen molar-refractivity contribution in [3.63, 3.8) is 0 Å². The second-order valence-electron chi connectivity index (χ2n) is 5.74. The number of hydrogen-bond acceptors (Lipinski definition) is 3. The summed E-state index contributed by atoms with van der Waals surface area (Å²) >= 11 is 0. The van der Waals surface area contributed by atoms with Crippen LogP contribution in [0.3, 0.4) is 0 Å². The van der Waals surface area contributed by atoms with Gasteiger partial charge in [-0.05, 0) is 31.0 Å². The highest BCUT2D eigenvalue weighted by Crippen LogP contribution is 2.14. The fourth-order valence-corrected chi connectivity index (χ4v) is 2.43. The largest absolute Gasteiger partial charge is 0.480 e. The van der Waals surface area contributed by atoms with Crippen LogP contribution in [0.2, 0.25) is 0 Å². The molecule has 1 heterocycles. The van der Waals surface area contributed by atoms with Gasteiger partial charge in [0.2, 0.25) is 5.91 Å². The molecule has 0 aliphatic rings. The van der Waals surface area contributed by atoms with Crippen LogP contribution in [-0.4, -0.2) is 32.3 Å². The number of aliphatic carboxylic acids is 1. The second kappa shape index (κ2) is 7.09. The molecule has 1 unspecified atom stereocenters. The molecule has 0 saturated heterocycles. The Balaban J connectivity index is 2.04. The third kappa shape index (κ3) is 4.18. The molecule has 2 aromatic rings. The minimum atomic E-state index is -1.23. The van der Waals surface area contributed by atoms with Crippen molar-refractivity contribution in [2.45, 2.75) is 38.6 Å². The van der Waals surface area contributed by atoms with E-state index < -0.39 is 11.5 Å². The van der Waals surface area contributed by atoms with Gasteiger partial charge in [-0.1, -0.05) is 31.5 Å². The van der Waals surface area contributed by atoms with Crippen LogP contribution < -0.4 is 5.32 Å². The third-order valence-electron chi connectivity index (χ3n) is 3.66. The summed E-state index contributed by atoms with van der Waals surface area (Å²) in [5.74, 6) is -1.34. The lowest BCUT2D eigenvalue weighted by Crippen LogP contribution is -2.52. The summed E-state index contributed by atoms with van der Waals surface area (Å²) in [6, 6.07) is 9.57. The van der Waals surface area contributed by atoms with E-state index in [2.05, 4.69) is 10.4 Å². The van der Waals surface area contributed by atoms with Gasteiger partial charge in [-0.25, -0.2) is 9.48 Å². The normalized spacial score (nSPS) is 13.3. The van der Waals surface area contributed by atoms with Gasteiger partial charge in [0.25, 0.3) is 0 Å². The van der Waals surface area contributed by atoms with Crippen LogP contribution >= 0.6 is 0 Å². The first kappa shape index (κ1) is 16.7. The van der Waals surface area contributed by atoms with Gasteiger partial charge >= 0.3 is 5.97 Å². The zero-order chi connectivity index (χ0) is 16.9. The van der Waals surface area contributed by atoms with E-state index in [0.717, 1.165) is 11.3 Å². The van der Waals surface area contributed by atoms with Crippen molar-refractivity contribution in [2.24, 2.45) is 0 Å². The number of carboxylic acids is 1. The monoisotopic (exact) mass is 315 g/mol. The van der Waals surface area contributed by atoms with Crippen LogP contribution in [0.4, 0.5) is 0 Å². The van der Waals surface area contributed by atoms with Crippen molar-refractivity contribution in [3.05, 3.63) is 48.3 Å². The summed E-state index contributed by atoms with van der Waals surface area (Å²) in [5, 5.41) is 16.1. The van der Waals surface area contributed by atoms with Crippen molar-refractivity contribution in [1.29, 1.82) is 0 Å². The Labute approximate surface area is 135 Å². The second-order valence-corrected chi connectivity index (χ2v) is 5.74. The van der Waals surface area contributed by atoms with Crippen LogP contribution in [0, 0.1) is 0 Å². The van der Waals surface area contributed by atoms with Gasteiger partial charge in [0.05, 0.1) is 18.3 Å². The highest BCUT2D eigenvalue weighted by atomic mass is 16.4. The van der Waals surface area contributed by atoms with Crippen LogP contribution in [0.1, 0.15) is 32.3 Å². The molecule has 6 heteroatoms. The van der Waals surface area contributed by atoms with E-state index in [0.29, 0.717) is 12.8 Å². The zero-order valence-corrected chi connectivity index (χ0v) is 13.3. The lowest BCUT2D eigenvalue weighted by Gasteiger charge is -2.25. The fraction of sp³-hybridized carbons (Fsp3) is 0.353. The average Bonchev–Trinajstić information content (AvgIpc) is 2.96. The Morgan fingerprint density at radius 2 is 2.00 bits per heavy atom. The Morgan fingerprint density at radius 1 is 1.30 bits per heavy atom. The molecule has 0 radical (unpaired) electrons. The van der Waals surface area contributed by atoms with E-state index in [-0.39, 0.29) is 12.3 Å². The first-order valence-electron chi connectivity index (χ1n) is 7.58. The molecule has 1 amide bonds. The van der Waals surface area contributed by atoms with Gasteiger partial charge in [-0.3, -0.25) is 4.79 Å². The number of benzene rings is 1. The van der Waals surface area contributed by atoms with Gasteiger partial charge in [0.15, 0.2) is 0 Å². The number of hydrogen-bond donors (Lipinski definition) is 2. The van der Waals surface area contributed by atoms with E-state index in [1.807, 2.05) is 37.3 Å². The molecular weight excluding hydrogens is 294 g/mol. The van der Waals surface area contributed by atoms with Crippen molar-refractivity contribution in [1.82, 2.24) is 15.1 Å². The van der Waals surface area contributed by atoms with Gasteiger partial charge in [-0.15, -0.1) is 0 Å². The number of para-hydroxylation sites is 1. The summed E-state index contributed by atoms with van der Waals surface area (Å²) in [4.78, 5) is 23.5. The molecule has 23 heavy (non-hydrogen) atoms. The molecule has 0 fully saturated rings. The third-order valence-corrected chi connectivity index (χ3v) is 3.66. The molecule has 0 aliphatic carbocycles. The molecule has 1 atom stereocenters. The Kier molecular flexibility index (Phi) is 5.16. The summed E-state index contributed by atoms with van der Waals surface area (Å²) in [6.07, 6.45) is 4.54. The topological polar surface area (TPSA) is 84.2 Å². The highest BCUT2D eigenvalue weighted by molar-refractivity contribution is 5.87. The van der Waals surface area contributed by atoms with E-state index >= 15 is 0 Å². The number of carbonyl (C=O) groups excluding carboxylic acids is 1. The number of nitrogens with zero attached hydrogens (tertiary/aromatic N) is 2. The predicted molar refractivity (Wildman–Crippen MR) is 86.4 cm³/mol. The smallest absolute Gasteiger partial charge is 0.329 e. The van der Waals surface area contributed by atoms with Gasteiger partial charge in [-0.2, -0.15) is 5.10 Å². The Morgan fingerprint density at radius 3 is 2.61 bits per heavy atom. The van der Waals surface area contributed by atoms with E-state index in [4.69, 9.17) is 0 Å². The first-order valence-corrected chi connectivity index (χ1v) is 7.58. The SMILES string of the molecule is CCCC(C)(NC(=O)Cc1cnn(-c2ccccc2)c1)C(=O)O. The number of amides is 1. The van der Waals surface area contributed by atoms with Crippen LogP contribution in [0.5, 0.6) is 0 Å². The molecule has 0 bridgehead atoms. The minimum absolute atomic E-state index is 0.0966. The molecule has 1 aromatic carbocycles. The van der Waals surface area contributed by atoms with Crippen molar-refractivity contribution >= 4 is 11.9 Å². The van der Waals surface area contributed by atoms with Crippen molar-refractivity contribution < 1.29 is 14.7 Å². The number of nitrogens with one attached hydrogen (secondary N) is 1. The Bertz CT molecular complexity index is 681. The van der Waals surface area contributed by atoms with Crippen molar-refractivity contribution in [2.75, 3.05) is 0 Å². The molecule has 6 nitrogen and oxygen atoms in total. The van der Waals surface area contributed by atoms with Crippen LogP contribution in [0.25, 0.3) is 5.69 Å². The zero-order valence-electron chi connectivity index (χ0n) is 13.3. The maximum Gasteiger partial charge on any atom is 0.329 e. The van der Waals surface area contributed by atoms with Crippen LogP contribution in [0.15, 0.2) is 42.7 Å². The molecule has 0 aliphatic heterocycles. The lowest BCUT2D eigenvalue weighted by molar-refractivity contribution is -0.147. The molecule has 1 aromatic heterocycles. The standard InChI is InChI=1S/C17H21N3O3/c1-3-9-17(2,16(22)23)19-15(21)10-13-11-18-20(12-13)14-7-5-4-6-8-14/h4-8,11-12H,3,9-10H2,1-2H3,(H,19,21)(H,22,23). The summed E-state index contributed by atoms with van der Waals surface area (Å²) in [5.41, 5.74) is 0.400. The molecule has 0 saturated carbocycles. The maximum atomic E-state index is 12.1. The van der Waals surface area contributed by atoms with Gasteiger partial charge in [0.1, 0.15) is 5.54 Å². The highest BCUT2D eigenvalue weighted by Gasteiger charge is 2.33. The first-order chi connectivity index (χ1) is 10.9. The number of aromatic nitrogens is 2. The molecule has 0 spiro atoms. The van der Waals surface area contributed by atoms with E-state index in [9.17, 15) is 14.7 Å². The van der Waals surface area contributed by atoms with Crippen molar-refractivity contribution in [3.8, 4) is 5.69 Å². The maximum absolute atomic E-state index is 12.1. The molecule has 122 valence electrons. The van der Waals surface area contributed by atoms with E-state index in [1.54, 1.807) is 17.1 Å². The number of carboxylic acid groups (broad SMARTS) is 1. The van der Waals surface area contributed by atoms with Gasteiger partial charge < -0.3 is 10.4 Å². The van der Waals surface area contributed by atoms with E-state index in [1.165, 1.54) is 6.92 Å². The predicted octanol–water partition coefficient (Wildman–Crippen LogP) is 2.17. The molecule has 2 rings (SSSR count). The van der Waals surface area contributed by atoms with Crippen LogP contribution in [-0.2, 0) is 16.0 Å². The summed E-state index contributed by atoms with van der Waals surface area (Å²) in [6.45, 7) is 3.42. The minimum Gasteiger partial charge on any atom is -0.480 e.